The molecule has 1 fully saturated rings. The Morgan fingerprint density at radius 2 is 2.14 bits per heavy atom. The van der Waals surface area contributed by atoms with Crippen LogP contribution in [0.15, 0.2) is 22.9 Å². The number of nitrogens with zero attached hydrogens (tertiary/aromatic N) is 3. The third-order valence-electron chi connectivity index (χ3n) is 5.84. The number of carbonyl (C=O) groups is 1. The zero-order chi connectivity index (χ0) is 19.6. The largest absolute Gasteiger partial charge is 0.378 e. The number of fused-ring (bicyclic) bond motifs is 3. The fourth-order valence-corrected chi connectivity index (χ4v) is 4.79. The lowest BCUT2D eigenvalue weighted by atomic mass is 9.88. The third kappa shape index (κ3) is 2.44. The van der Waals surface area contributed by atoms with E-state index in [1.54, 1.807) is 6.20 Å². The molecule has 4 atom stereocenters. The van der Waals surface area contributed by atoms with Gasteiger partial charge in [-0.1, -0.05) is 28.9 Å². The Labute approximate surface area is 165 Å². The number of nitrogens with one attached hydrogen (secondary N) is 2. The lowest BCUT2D eigenvalue weighted by molar-refractivity contribution is -0.122. The number of hydrogen-bond donors (Lipinski definition) is 3. The standard InChI is InChI=1S/C19H19ClN6O2/c1-7-12(8(2)28-26-7)18-24-16-15(11(20)6-22-19(16)25-18)23-14-10-4-3-9(5-10)13(14)17(21)27/h3-4,6,9-10,13-14H,5H2,1-2H3,(H2,21,27)(H2,22,23,24,25). The van der Waals surface area contributed by atoms with Crippen LogP contribution in [0.2, 0.25) is 5.02 Å². The first kappa shape index (κ1) is 17.2. The van der Waals surface area contributed by atoms with Gasteiger partial charge in [0.1, 0.15) is 17.1 Å². The molecule has 2 aliphatic carbocycles. The van der Waals surface area contributed by atoms with Crippen LogP contribution in [0.1, 0.15) is 17.9 Å². The minimum absolute atomic E-state index is 0.110. The van der Waals surface area contributed by atoms with E-state index < -0.39 is 0 Å². The molecule has 2 aliphatic rings. The number of amides is 1. The highest BCUT2D eigenvalue weighted by Crippen LogP contribution is 2.46. The van der Waals surface area contributed by atoms with Crippen molar-refractivity contribution in [3.8, 4) is 11.4 Å². The van der Waals surface area contributed by atoms with E-state index in [1.807, 2.05) is 13.8 Å². The molecule has 0 aliphatic heterocycles. The van der Waals surface area contributed by atoms with Crippen molar-refractivity contribution in [2.45, 2.75) is 26.3 Å². The number of aryl methyl sites for hydroxylation is 2. The van der Waals surface area contributed by atoms with Crippen LogP contribution in [0.25, 0.3) is 22.6 Å². The number of halogens is 1. The number of carbonyl (C=O) groups excluding carboxylic acids is 1. The van der Waals surface area contributed by atoms with E-state index in [2.05, 4.69) is 37.6 Å². The summed E-state index contributed by atoms with van der Waals surface area (Å²) in [4.78, 5) is 24.3. The number of aromatic amines is 1. The van der Waals surface area contributed by atoms with E-state index in [-0.39, 0.29) is 29.7 Å². The quantitative estimate of drug-likeness (QED) is 0.580. The number of pyridine rings is 1. The van der Waals surface area contributed by atoms with Gasteiger partial charge in [0.15, 0.2) is 5.65 Å². The minimum atomic E-state index is -0.295. The Hall–Kier alpha value is -2.87. The first-order chi connectivity index (χ1) is 13.4. The normalized spacial score (nSPS) is 25.7. The van der Waals surface area contributed by atoms with Crippen molar-refractivity contribution in [1.82, 2.24) is 20.1 Å². The molecule has 0 aromatic carbocycles. The van der Waals surface area contributed by atoms with Crippen LogP contribution in [0.5, 0.6) is 0 Å². The molecule has 4 unspecified atom stereocenters. The summed E-state index contributed by atoms with van der Waals surface area (Å²) in [6.45, 7) is 3.69. The molecule has 0 radical (unpaired) electrons. The Bertz CT molecular complexity index is 1110. The topological polar surface area (TPSA) is 123 Å². The second kappa shape index (κ2) is 6.07. The van der Waals surface area contributed by atoms with Crippen molar-refractivity contribution in [1.29, 1.82) is 0 Å². The maximum Gasteiger partial charge on any atom is 0.223 e. The van der Waals surface area contributed by atoms with Crippen LogP contribution in [-0.2, 0) is 4.79 Å². The van der Waals surface area contributed by atoms with E-state index in [4.69, 9.17) is 21.9 Å². The van der Waals surface area contributed by atoms with E-state index in [0.29, 0.717) is 33.5 Å². The lowest BCUT2D eigenvalue weighted by Crippen LogP contribution is -2.41. The van der Waals surface area contributed by atoms with Crippen LogP contribution < -0.4 is 11.1 Å². The van der Waals surface area contributed by atoms with Crippen LogP contribution in [0, 0.1) is 31.6 Å². The monoisotopic (exact) mass is 398 g/mol. The number of imidazole rings is 1. The van der Waals surface area contributed by atoms with Gasteiger partial charge >= 0.3 is 0 Å². The van der Waals surface area contributed by atoms with Crippen LogP contribution in [0.3, 0.4) is 0 Å². The fraction of sp³-hybridized carbons (Fsp3) is 0.368. The molecule has 5 rings (SSSR count). The lowest BCUT2D eigenvalue weighted by Gasteiger charge is -2.28. The summed E-state index contributed by atoms with van der Waals surface area (Å²) in [5.41, 5.74) is 9.11. The minimum Gasteiger partial charge on any atom is -0.378 e. The van der Waals surface area contributed by atoms with Gasteiger partial charge < -0.3 is 20.6 Å². The first-order valence-electron chi connectivity index (χ1n) is 9.15. The van der Waals surface area contributed by atoms with Gasteiger partial charge in [0, 0.05) is 6.04 Å². The molecule has 3 aromatic rings. The smallest absolute Gasteiger partial charge is 0.223 e. The number of rotatable bonds is 4. The van der Waals surface area contributed by atoms with Gasteiger partial charge in [0.05, 0.1) is 34.1 Å². The van der Waals surface area contributed by atoms with E-state index >= 15 is 0 Å². The van der Waals surface area contributed by atoms with Crippen molar-refractivity contribution < 1.29 is 9.32 Å². The van der Waals surface area contributed by atoms with Crippen molar-refractivity contribution >= 4 is 34.4 Å². The molecular weight excluding hydrogens is 380 g/mol. The van der Waals surface area contributed by atoms with Gasteiger partial charge in [-0.15, -0.1) is 0 Å². The van der Waals surface area contributed by atoms with E-state index in [1.165, 1.54) is 0 Å². The summed E-state index contributed by atoms with van der Waals surface area (Å²) in [7, 11) is 0. The molecule has 3 aromatic heterocycles. The summed E-state index contributed by atoms with van der Waals surface area (Å²) in [5, 5.41) is 7.91. The molecule has 0 spiro atoms. The summed E-state index contributed by atoms with van der Waals surface area (Å²) in [6.07, 6.45) is 6.72. The molecule has 2 bridgehead atoms. The second-order valence-electron chi connectivity index (χ2n) is 7.51. The Balaban J connectivity index is 1.59. The van der Waals surface area contributed by atoms with Crippen molar-refractivity contribution in [2.24, 2.45) is 23.5 Å². The van der Waals surface area contributed by atoms with Crippen molar-refractivity contribution in [3.63, 3.8) is 0 Å². The summed E-state index contributed by atoms with van der Waals surface area (Å²) in [6, 6.07) is -0.110. The SMILES string of the molecule is Cc1noc(C)c1-c1nc2ncc(Cl)c(NC3C4C=CC(C4)C3C(N)=O)c2[nH]1. The number of allylic oxidation sites excluding steroid dienone is 1. The first-order valence-corrected chi connectivity index (χ1v) is 9.53. The van der Waals surface area contributed by atoms with Gasteiger partial charge in [-0.05, 0) is 32.1 Å². The average molecular weight is 399 g/mol. The fourth-order valence-electron chi connectivity index (χ4n) is 4.59. The number of anilines is 1. The zero-order valence-electron chi connectivity index (χ0n) is 15.4. The Morgan fingerprint density at radius 1 is 1.36 bits per heavy atom. The van der Waals surface area contributed by atoms with E-state index in [9.17, 15) is 4.79 Å². The van der Waals surface area contributed by atoms with Crippen molar-refractivity contribution in [2.75, 3.05) is 5.32 Å². The predicted octanol–water partition coefficient (Wildman–Crippen LogP) is 2.97. The van der Waals surface area contributed by atoms with Crippen LogP contribution in [0.4, 0.5) is 5.69 Å². The molecule has 1 amide bonds. The average Bonchev–Trinajstić information content (AvgIpc) is 3.40. The number of hydrogen-bond acceptors (Lipinski definition) is 6. The highest BCUT2D eigenvalue weighted by Gasteiger charge is 2.47. The van der Waals surface area contributed by atoms with Crippen LogP contribution >= 0.6 is 11.6 Å². The highest BCUT2D eigenvalue weighted by atomic mass is 35.5. The third-order valence-corrected chi connectivity index (χ3v) is 6.13. The van der Waals surface area contributed by atoms with Crippen molar-refractivity contribution in [3.05, 3.63) is 34.8 Å². The molecular formula is C19H19ClN6O2. The predicted molar refractivity (Wildman–Crippen MR) is 105 cm³/mol. The maximum absolute atomic E-state index is 12.0. The second-order valence-corrected chi connectivity index (χ2v) is 7.92. The van der Waals surface area contributed by atoms with Gasteiger partial charge in [-0.25, -0.2) is 9.97 Å². The summed E-state index contributed by atoms with van der Waals surface area (Å²) < 4.78 is 5.25. The molecule has 8 nitrogen and oxygen atoms in total. The summed E-state index contributed by atoms with van der Waals surface area (Å²) in [5.74, 6) is 1.14. The van der Waals surface area contributed by atoms with Gasteiger partial charge in [0.25, 0.3) is 0 Å². The molecule has 1 saturated carbocycles. The molecule has 0 saturated heterocycles. The van der Waals surface area contributed by atoms with Gasteiger partial charge in [0.2, 0.25) is 5.91 Å². The number of H-pyrrole nitrogens is 1. The molecule has 3 heterocycles. The summed E-state index contributed by atoms with van der Waals surface area (Å²) >= 11 is 6.47. The van der Waals surface area contributed by atoms with Gasteiger partial charge in [-0.3, -0.25) is 4.79 Å². The van der Waals surface area contributed by atoms with E-state index in [0.717, 1.165) is 17.7 Å². The van der Waals surface area contributed by atoms with Crippen LogP contribution in [-0.4, -0.2) is 32.1 Å². The molecule has 144 valence electrons. The number of primary amides is 1. The molecule has 28 heavy (non-hydrogen) atoms. The molecule has 9 heteroatoms. The Kier molecular flexibility index (Phi) is 3.74. The number of nitrogens with two attached hydrogens (primary N) is 1. The van der Waals surface area contributed by atoms with Gasteiger partial charge in [-0.2, -0.15) is 0 Å². The Morgan fingerprint density at radius 3 is 2.86 bits per heavy atom. The molecule has 4 N–H and O–H groups in total. The highest BCUT2D eigenvalue weighted by molar-refractivity contribution is 6.34. The number of aromatic nitrogens is 4. The maximum atomic E-state index is 12.0. The zero-order valence-corrected chi connectivity index (χ0v) is 16.1.